The van der Waals surface area contributed by atoms with E-state index in [1.807, 2.05) is 0 Å². The molecule has 2 amide bonds. The van der Waals surface area contributed by atoms with Gasteiger partial charge in [-0.05, 0) is 18.2 Å². The maximum absolute atomic E-state index is 11.5. The van der Waals surface area contributed by atoms with Crippen molar-refractivity contribution in [3.05, 3.63) is 29.8 Å². The zero-order chi connectivity index (χ0) is 12.1. The van der Waals surface area contributed by atoms with Gasteiger partial charge in [0.15, 0.2) is 0 Å². The van der Waals surface area contributed by atoms with Crippen molar-refractivity contribution in [3.8, 4) is 5.75 Å². The molecule has 16 heavy (non-hydrogen) atoms. The lowest BCUT2D eigenvalue weighted by Gasteiger charge is -2.09. The molecule has 0 saturated heterocycles. The molecule has 0 bridgehead atoms. The Morgan fingerprint density at radius 2 is 1.94 bits per heavy atom. The van der Waals surface area contributed by atoms with Gasteiger partial charge in [0, 0.05) is 11.5 Å². The second kappa shape index (κ2) is 5.16. The molecule has 0 radical (unpaired) electrons. The van der Waals surface area contributed by atoms with Crippen molar-refractivity contribution in [1.29, 1.82) is 0 Å². The third-order valence-electron chi connectivity index (χ3n) is 1.93. The Morgan fingerprint density at radius 3 is 2.50 bits per heavy atom. The summed E-state index contributed by atoms with van der Waals surface area (Å²) in [5, 5.41) is 9.16. The van der Waals surface area contributed by atoms with E-state index in [-0.39, 0.29) is 23.1 Å². The van der Waals surface area contributed by atoms with Crippen LogP contribution in [0, 0.1) is 5.92 Å². The molecule has 1 rings (SSSR count). The van der Waals surface area contributed by atoms with Gasteiger partial charge in [0.2, 0.25) is 5.91 Å². The van der Waals surface area contributed by atoms with Gasteiger partial charge in [0.05, 0.1) is 0 Å². The molecule has 5 nitrogen and oxygen atoms in total. The molecule has 0 fully saturated rings. The van der Waals surface area contributed by atoms with Crippen LogP contribution in [0.25, 0.3) is 0 Å². The number of hydrogen-bond donors (Lipinski definition) is 3. The summed E-state index contributed by atoms with van der Waals surface area (Å²) < 4.78 is 0. The standard InChI is InChI=1S/C11H14N2O3/c1-7(2)10(15)12-13-11(16)8-4-3-5-9(14)6-8/h3-7,14H,1-2H3,(H,12,15)(H,13,16). The van der Waals surface area contributed by atoms with Crippen LogP contribution in [0.2, 0.25) is 0 Å². The van der Waals surface area contributed by atoms with Crippen LogP contribution in [-0.2, 0) is 4.79 Å². The van der Waals surface area contributed by atoms with Gasteiger partial charge in [-0.25, -0.2) is 0 Å². The average molecular weight is 222 g/mol. The number of aromatic hydroxyl groups is 1. The minimum atomic E-state index is -0.468. The number of carbonyl (C=O) groups is 2. The van der Waals surface area contributed by atoms with Gasteiger partial charge in [-0.2, -0.15) is 0 Å². The fourth-order valence-electron chi connectivity index (χ4n) is 0.982. The number of carbonyl (C=O) groups excluding carboxylic acids is 2. The summed E-state index contributed by atoms with van der Waals surface area (Å²) in [5.74, 6) is -0.939. The van der Waals surface area contributed by atoms with E-state index in [0.717, 1.165) is 0 Å². The Labute approximate surface area is 93.4 Å². The molecule has 3 N–H and O–H groups in total. The van der Waals surface area contributed by atoms with Crippen LogP contribution in [0.5, 0.6) is 5.75 Å². The molecule has 0 aromatic heterocycles. The van der Waals surface area contributed by atoms with Crippen molar-refractivity contribution < 1.29 is 14.7 Å². The Kier molecular flexibility index (Phi) is 3.88. The number of benzene rings is 1. The second-order valence-electron chi connectivity index (χ2n) is 3.65. The third-order valence-corrected chi connectivity index (χ3v) is 1.93. The maximum Gasteiger partial charge on any atom is 0.269 e. The van der Waals surface area contributed by atoms with Crippen LogP contribution >= 0.6 is 0 Å². The Morgan fingerprint density at radius 1 is 1.25 bits per heavy atom. The minimum Gasteiger partial charge on any atom is -0.508 e. The average Bonchev–Trinajstić information content (AvgIpc) is 2.25. The number of phenolic OH excluding ortho intramolecular Hbond substituents is 1. The van der Waals surface area contributed by atoms with Gasteiger partial charge >= 0.3 is 0 Å². The van der Waals surface area contributed by atoms with Crippen molar-refractivity contribution in [1.82, 2.24) is 10.9 Å². The monoisotopic (exact) mass is 222 g/mol. The van der Waals surface area contributed by atoms with Crippen LogP contribution in [0.3, 0.4) is 0 Å². The molecule has 0 saturated carbocycles. The fraction of sp³-hybridized carbons (Fsp3) is 0.273. The minimum absolute atomic E-state index is 0.00263. The van der Waals surface area contributed by atoms with Gasteiger partial charge in [0.25, 0.3) is 5.91 Å². The van der Waals surface area contributed by atoms with E-state index >= 15 is 0 Å². The topological polar surface area (TPSA) is 78.4 Å². The highest BCUT2D eigenvalue weighted by atomic mass is 16.3. The normalized spacial score (nSPS) is 9.94. The number of nitrogens with one attached hydrogen (secondary N) is 2. The van der Waals surface area contributed by atoms with Crippen LogP contribution in [-0.4, -0.2) is 16.9 Å². The summed E-state index contributed by atoms with van der Waals surface area (Å²) in [6.45, 7) is 3.44. The highest BCUT2D eigenvalue weighted by molar-refractivity contribution is 5.95. The van der Waals surface area contributed by atoms with Gasteiger partial charge < -0.3 is 5.11 Å². The lowest BCUT2D eigenvalue weighted by Crippen LogP contribution is -2.43. The lowest BCUT2D eigenvalue weighted by molar-refractivity contribution is -0.124. The SMILES string of the molecule is CC(C)C(=O)NNC(=O)c1cccc(O)c1. The van der Waals surface area contributed by atoms with E-state index in [4.69, 9.17) is 5.11 Å². The zero-order valence-electron chi connectivity index (χ0n) is 9.15. The first-order chi connectivity index (χ1) is 7.50. The summed E-state index contributed by atoms with van der Waals surface area (Å²) in [4.78, 5) is 22.7. The first-order valence-electron chi connectivity index (χ1n) is 4.90. The predicted octanol–water partition coefficient (Wildman–Crippen LogP) is 0.809. The molecule has 86 valence electrons. The molecule has 0 aliphatic carbocycles. The van der Waals surface area contributed by atoms with E-state index in [1.54, 1.807) is 19.9 Å². The first-order valence-corrected chi connectivity index (χ1v) is 4.90. The van der Waals surface area contributed by atoms with Crippen molar-refractivity contribution >= 4 is 11.8 Å². The molecule has 0 heterocycles. The van der Waals surface area contributed by atoms with Crippen LogP contribution in [0.1, 0.15) is 24.2 Å². The lowest BCUT2D eigenvalue weighted by atomic mass is 10.2. The molecular formula is C11H14N2O3. The summed E-state index contributed by atoms with van der Waals surface area (Å²) in [7, 11) is 0. The Hall–Kier alpha value is -2.04. The van der Waals surface area contributed by atoms with Crippen LogP contribution in [0.15, 0.2) is 24.3 Å². The van der Waals surface area contributed by atoms with E-state index in [1.165, 1.54) is 18.2 Å². The largest absolute Gasteiger partial charge is 0.508 e. The number of rotatable bonds is 2. The van der Waals surface area contributed by atoms with E-state index in [2.05, 4.69) is 10.9 Å². The van der Waals surface area contributed by atoms with E-state index in [9.17, 15) is 9.59 Å². The molecule has 0 aliphatic rings. The first kappa shape index (κ1) is 12.0. The van der Waals surface area contributed by atoms with E-state index < -0.39 is 5.91 Å². The number of hydrazine groups is 1. The predicted molar refractivity (Wildman–Crippen MR) is 58.6 cm³/mol. The zero-order valence-corrected chi connectivity index (χ0v) is 9.15. The number of hydrogen-bond acceptors (Lipinski definition) is 3. The van der Waals surface area contributed by atoms with Gasteiger partial charge in [-0.3, -0.25) is 20.4 Å². The molecule has 0 atom stereocenters. The molecule has 1 aromatic rings. The fourth-order valence-corrected chi connectivity index (χ4v) is 0.982. The molecule has 0 unspecified atom stereocenters. The van der Waals surface area contributed by atoms with Gasteiger partial charge in [0.1, 0.15) is 5.75 Å². The molecule has 0 aliphatic heterocycles. The second-order valence-corrected chi connectivity index (χ2v) is 3.65. The van der Waals surface area contributed by atoms with Crippen molar-refractivity contribution in [3.63, 3.8) is 0 Å². The summed E-state index contributed by atoms with van der Waals surface area (Å²) >= 11 is 0. The van der Waals surface area contributed by atoms with Crippen molar-refractivity contribution in [2.45, 2.75) is 13.8 Å². The molecule has 0 spiro atoms. The highest BCUT2D eigenvalue weighted by Gasteiger charge is 2.09. The number of amides is 2. The summed E-state index contributed by atoms with van der Waals surface area (Å²) in [5.41, 5.74) is 4.82. The number of phenols is 1. The summed E-state index contributed by atoms with van der Waals surface area (Å²) in [6, 6.07) is 5.87. The Bertz CT molecular complexity index is 402. The van der Waals surface area contributed by atoms with Crippen molar-refractivity contribution in [2.75, 3.05) is 0 Å². The molecular weight excluding hydrogens is 208 g/mol. The highest BCUT2D eigenvalue weighted by Crippen LogP contribution is 2.10. The third kappa shape index (κ3) is 3.27. The van der Waals surface area contributed by atoms with E-state index in [0.29, 0.717) is 0 Å². The van der Waals surface area contributed by atoms with Crippen LogP contribution < -0.4 is 10.9 Å². The van der Waals surface area contributed by atoms with Crippen LogP contribution in [0.4, 0.5) is 0 Å². The summed E-state index contributed by atoms with van der Waals surface area (Å²) in [6.07, 6.45) is 0. The van der Waals surface area contributed by atoms with Gasteiger partial charge in [-0.15, -0.1) is 0 Å². The van der Waals surface area contributed by atoms with Gasteiger partial charge in [-0.1, -0.05) is 19.9 Å². The smallest absolute Gasteiger partial charge is 0.269 e. The quantitative estimate of drug-likeness (QED) is 0.648. The Balaban J connectivity index is 2.57. The molecule has 1 aromatic carbocycles. The van der Waals surface area contributed by atoms with Crippen molar-refractivity contribution in [2.24, 2.45) is 5.92 Å². The molecule has 5 heteroatoms. The maximum atomic E-state index is 11.5.